The van der Waals surface area contributed by atoms with Gasteiger partial charge in [-0.1, -0.05) is 30.3 Å². The molecule has 0 N–H and O–H groups in total. The van der Waals surface area contributed by atoms with Gasteiger partial charge in [0, 0.05) is 5.56 Å². The summed E-state index contributed by atoms with van der Waals surface area (Å²) >= 11 is 6.58. The minimum Gasteiger partial charge on any atom is -0.494 e. The first-order chi connectivity index (χ1) is 9.76. The maximum absolute atomic E-state index is 6.58. The third kappa shape index (κ3) is 3.45. The summed E-state index contributed by atoms with van der Waals surface area (Å²) in [7, 11) is 0. The van der Waals surface area contributed by atoms with Crippen molar-refractivity contribution in [3.63, 3.8) is 0 Å². The molecule has 0 bridgehead atoms. The highest BCUT2D eigenvalue weighted by atomic mass is 35.5. The van der Waals surface area contributed by atoms with Gasteiger partial charge in [-0.2, -0.15) is 0 Å². The molecule has 0 saturated carbocycles. The minimum absolute atomic E-state index is 0.228. The van der Waals surface area contributed by atoms with Gasteiger partial charge in [0.25, 0.3) is 0 Å². The molecule has 0 fully saturated rings. The van der Waals surface area contributed by atoms with E-state index in [1.165, 1.54) is 0 Å². The van der Waals surface area contributed by atoms with Gasteiger partial charge in [0.2, 0.25) is 0 Å². The minimum atomic E-state index is -0.228. The summed E-state index contributed by atoms with van der Waals surface area (Å²) in [6.07, 6.45) is 0. The van der Waals surface area contributed by atoms with Crippen LogP contribution in [-0.4, -0.2) is 13.2 Å². The Balaban J connectivity index is 2.24. The van der Waals surface area contributed by atoms with Gasteiger partial charge in [0.05, 0.1) is 18.6 Å². The molecule has 2 aromatic rings. The lowest BCUT2D eigenvalue weighted by atomic mass is 10.0. The summed E-state index contributed by atoms with van der Waals surface area (Å²) in [6, 6.07) is 15.7. The molecular formula is C17H19ClO2. The van der Waals surface area contributed by atoms with Crippen molar-refractivity contribution in [3.8, 4) is 11.5 Å². The number of ether oxygens (including phenoxy) is 2. The van der Waals surface area contributed by atoms with E-state index < -0.39 is 0 Å². The quantitative estimate of drug-likeness (QED) is 0.711. The zero-order chi connectivity index (χ0) is 14.4. The zero-order valence-electron chi connectivity index (χ0n) is 11.8. The summed E-state index contributed by atoms with van der Waals surface area (Å²) in [5, 5.41) is -0.228. The number of hydrogen-bond donors (Lipinski definition) is 0. The van der Waals surface area contributed by atoms with E-state index in [0.717, 1.165) is 22.6 Å². The van der Waals surface area contributed by atoms with Crippen molar-refractivity contribution in [2.75, 3.05) is 13.2 Å². The molecule has 1 atom stereocenters. The molecular weight excluding hydrogens is 272 g/mol. The second-order valence-electron chi connectivity index (χ2n) is 4.34. The third-order valence-corrected chi connectivity index (χ3v) is 3.46. The number of benzene rings is 2. The summed E-state index contributed by atoms with van der Waals surface area (Å²) in [5.74, 6) is 1.70. The van der Waals surface area contributed by atoms with E-state index in [0.29, 0.717) is 13.2 Å². The van der Waals surface area contributed by atoms with Gasteiger partial charge in [-0.25, -0.2) is 0 Å². The molecule has 2 aromatic carbocycles. The molecule has 0 amide bonds. The van der Waals surface area contributed by atoms with Gasteiger partial charge >= 0.3 is 0 Å². The molecule has 0 saturated heterocycles. The molecule has 20 heavy (non-hydrogen) atoms. The van der Waals surface area contributed by atoms with Gasteiger partial charge < -0.3 is 9.47 Å². The molecule has 0 aliphatic heterocycles. The lowest BCUT2D eigenvalue weighted by Crippen LogP contribution is -2.00. The van der Waals surface area contributed by atoms with Crippen LogP contribution in [0.25, 0.3) is 0 Å². The zero-order valence-corrected chi connectivity index (χ0v) is 12.6. The highest BCUT2D eigenvalue weighted by Crippen LogP contribution is 2.35. The largest absolute Gasteiger partial charge is 0.494 e. The third-order valence-electron chi connectivity index (χ3n) is 2.98. The highest BCUT2D eigenvalue weighted by Gasteiger charge is 2.15. The van der Waals surface area contributed by atoms with E-state index >= 15 is 0 Å². The predicted molar refractivity (Wildman–Crippen MR) is 82.9 cm³/mol. The van der Waals surface area contributed by atoms with Crippen molar-refractivity contribution in [1.82, 2.24) is 0 Å². The number of alkyl halides is 1. The van der Waals surface area contributed by atoms with Crippen LogP contribution in [0.4, 0.5) is 0 Å². The van der Waals surface area contributed by atoms with Crippen LogP contribution >= 0.6 is 11.6 Å². The summed E-state index contributed by atoms with van der Waals surface area (Å²) in [6.45, 7) is 5.23. The standard InChI is InChI=1S/C17H19ClO2/c1-3-19-14-11-9-13(10-12-14)17(18)15-7-5-6-8-16(15)20-4-2/h5-12,17H,3-4H2,1-2H3. The second-order valence-corrected chi connectivity index (χ2v) is 4.77. The molecule has 0 aromatic heterocycles. The molecule has 0 aliphatic carbocycles. The van der Waals surface area contributed by atoms with E-state index in [1.54, 1.807) is 0 Å². The Morgan fingerprint density at radius 1 is 0.900 bits per heavy atom. The second kappa shape index (κ2) is 7.20. The van der Waals surface area contributed by atoms with Crippen molar-refractivity contribution >= 4 is 11.6 Å². The first-order valence-corrected chi connectivity index (χ1v) is 7.28. The topological polar surface area (TPSA) is 18.5 Å². The van der Waals surface area contributed by atoms with E-state index in [2.05, 4.69) is 0 Å². The SMILES string of the molecule is CCOc1ccc(C(Cl)c2ccccc2OCC)cc1. The molecule has 0 heterocycles. The normalized spacial score (nSPS) is 11.9. The van der Waals surface area contributed by atoms with Gasteiger partial charge in [-0.05, 0) is 37.6 Å². The predicted octanol–water partition coefficient (Wildman–Crippen LogP) is 4.81. The summed E-state index contributed by atoms with van der Waals surface area (Å²) < 4.78 is 11.1. The summed E-state index contributed by atoms with van der Waals surface area (Å²) in [4.78, 5) is 0. The average molecular weight is 291 g/mol. The smallest absolute Gasteiger partial charge is 0.124 e. The molecule has 0 aliphatic rings. The van der Waals surface area contributed by atoms with Crippen LogP contribution in [0.5, 0.6) is 11.5 Å². The van der Waals surface area contributed by atoms with E-state index in [1.807, 2.05) is 62.4 Å². The Morgan fingerprint density at radius 2 is 1.55 bits per heavy atom. The Hall–Kier alpha value is -1.67. The van der Waals surface area contributed by atoms with Crippen molar-refractivity contribution in [2.24, 2.45) is 0 Å². The number of para-hydroxylation sites is 1. The Bertz CT molecular complexity index is 537. The lowest BCUT2D eigenvalue weighted by Gasteiger charge is -2.15. The molecule has 0 spiro atoms. The fourth-order valence-electron chi connectivity index (χ4n) is 2.06. The van der Waals surface area contributed by atoms with Crippen LogP contribution in [-0.2, 0) is 0 Å². The molecule has 3 heteroatoms. The monoisotopic (exact) mass is 290 g/mol. The van der Waals surface area contributed by atoms with E-state index in [-0.39, 0.29) is 5.38 Å². The van der Waals surface area contributed by atoms with Gasteiger partial charge in [-0.3, -0.25) is 0 Å². The number of rotatable bonds is 6. The Labute approximate surface area is 125 Å². The molecule has 2 rings (SSSR count). The fraction of sp³-hybridized carbons (Fsp3) is 0.294. The lowest BCUT2D eigenvalue weighted by molar-refractivity contribution is 0.337. The maximum atomic E-state index is 6.58. The Morgan fingerprint density at radius 3 is 2.20 bits per heavy atom. The van der Waals surface area contributed by atoms with Crippen LogP contribution in [0.1, 0.15) is 30.4 Å². The highest BCUT2D eigenvalue weighted by molar-refractivity contribution is 6.22. The molecule has 2 nitrogen and oxygen atoms in total. The van der Waals surface area contributed by atoms with Crippen LogP contribution < -0.4 is 9.47 Å². The van der Waals surface area contributed by atoms with Gasteiger partial charge in [0.1, 0.15) is 11.5 Å². The van der Waals surface area contributed by atoms with E-state index in [9.17, 15) is 0 Å². The van der Waals surface area contributed by atoms with Gasteiger partial charge in [0.15, 0.2) is 0 Å². The molecule has 106 valence electrons. The molecule has 1 unspecified atom stereocenters. The fourth-order valence-corrected chi connectivity index (χ4v) is 2.38. The van der Waals surface area contributed by atoms with Crippen LogP contribution in [0, 0.1) is 0 Å². The van der Waals surface area contributed by atoms with Crippen LogP contribution in [0.2, 0.25) is 0 Å². The van der Waals surface area contributed by atoms with Crippen molar-refractivity contribution in [2.45, 2.75) is 19.2 Å². The molecule has 0 radical (unpaired) electrons. The Kier molecular flexibility index (Phi) is 5.31. The van der Waals surface area contributed by atoms with Crippen LogP contribution in [0.3, 0.4) is 0 Å². The first kappa shape index (κ1) is 14.7. The maximum Gasteiger partial charge on any atom is 0.124 e. The van der Waals surface area contributed by atoms with Gasteiger partial charge in [-0.15, -0.1) is 11.6 Å². The van der Waals surface area contributed by atoms with E-state index in [4.69, 9.17) is 21.1 Å². The van der Waals surface area contributed by atoms with Crippen molar-refractivity contribution in [3.05, 3.63) is 59.7 Å². The summed E-state index contributed by atoms with van der Waals surface area (Å²) in [5.41, 5.74) is 2.02. The van der Waals surface area contributed by atoms with Crippen molar-refractivity contribution in [1.29, 1.82) is 0 Å². The first-order valence-electron chi connectivity index (χ1n) is 6.84. The van der Waals surface area contributed by atoms with Crippen LogP contribution in [0.15, 0.2) is 48.5 Å². The number of halogens is 1. The average Bonchev–Trinajstić information content (AvgIpc) is 2.49. The number of hydrogen-bond acceptors (Lipinski definition) is 2. The van der Waals surface area contributed by atoms with Crippen molar-refractivity contribution < 1.29 is 9.47 Å².